The van der Waals surface area contributed by atoms with Crippen LogP contribution in [-0.4, -0.2) is 33.6 Å². The Balaban J connectivity index is 1.89. The van der Waals surface area contributed by atoms with Crippen LogP contribution in [0.15, 0.2) is 36.4 Å². The molecule has 3 aromatic rings. The Morgan fingerprint density at radius 3 is 2.50 bits per heavy atom. The Bertz CT molecular complexity index is 956. The number of hydrogen-bond acceptors (Lipinski definition) is 5. The van der Waals surface area contributed by atoms with Crippen molar-refractivity contribution in [3.05, 3.63) is 50.6 Å². The topological polar surface area (TPSA) is 53.4 Å². The number of thiazole rings is 1. The smallest absolute Gasteiger partial charge is 0.374 e. The summed E-state index contributed by atoms with van der Waals surface area (Å²) < 4.78 is 42.5. The molecule has 0 radical (unpaired) electrons. The monoisotopic (exact) mass is 448 g/mol. The van der Waals surface area contributed by atoms with Crippen LogP contribution >= 0.6 is 34.3 Å². The molecule has 0 saturated carbocycles. The maximum Gasteiger partial charge on any atom is 0.424 e. The number of alkyl halides is 3. The fraction of sp³-hybridized carbons (Fsp3) is 0.333. The van der Waals surface area contributed by atoms with Gasteiger partial charge in [-0.15, -0.1) is 22.7 Å². The number of amides is 1. The third-order valence-corrected chi connectivity index (χ3v) is 6.64. The summed E-state index contributed by atoms with van der Waals surface area (Å²) in [5.74, 6) is -0.814. The highest BCUT2D eigenvalue weighted by atomic mass is 35.5. The molecule has 10 heteroatoms. The number of carbonyl (C=O) groups excluding carboxylic acids is 1. The number of rotatable bonds is 6. The number of nitrogens with zero attached hydrogens (tertiary/aromatic N) is 2. The molecule has 1 amide bonds. The minimum absolute atomic E-state index is 0.125. The highest BCUT2D eigenvalue weighted by molar-refractivity contribution is 7.18. The average Bonchev–Trinajstić information content (AvgIpc) is 3.24. The molecule has 0 saturated heterocycles. The number of benzene rings is 1. The maximum atomic E-state index is 13.8. The van der Waals surface area contributed by atoms with E-state index in [0.29, 0.717) is 14.6 Å². The summed E-state index contributed by atoms with van der Waals surface area (Å²) in [7, 11) is 0. The minimum Gasteiger partial charge on any atom is -0.374 e. The van der Waals surface area contributed by atoms with E-state index < -0.39 is 29.1 Å². The molecule has 1 unspecified atom stereocenters. The van der Waals surface area contributed by atoms with Crippen molar-refractivity contribution in [2.24, 2.45) is 0 Å². The molecule has 1 N–H and O–H groups in total. The van der Waals surface area contributed by atoms with Gasteiger partial charge in [-0.05, 0) is 31.2 Å². The molecule has 0 aliphatic rings. The molecule has 0 bridgehead atoms. The van der Waals surface area contributed by atoms with Crippen molar-refractivity contribution >= 4 is 50.4 Å². The molecule has 0 fully saturated rings. The van der Waals surface area contributed by atoms with Gasteiger partial charge in [0.25, 0.3) is 0 Å². The zero-order valence-corrected chi connectivity index (χ0v) is 17.1. The van der Waals surface area contributed by atoms with E-state index in [1.807, 2.05) is 0 Å². The Morgan fingerprint density at radius 1 is 1.21 bits per heavy atom. The number of aromatic nitrogens is 1. The Hall–Kier alpha value is -1.68. The van der Waals surface area contributed by atoms with Crippen molar-refractivity contribution in [1.82, 2.24) is 9.88 Å². The first-order chi connectivity index (χ1) is 13.1. The first-order valence-electron chi connectivity index (χ1n) is 8.31. The van der Waals surface area contributed by atoms with E-state index in [9.17, 15) is 23.1 Å². The van der Waals surface area contributed by atoms with Crippen LogP contribution < -0.4 is 0 Å². The zero-order chi connectivity index (χ0) is 20.5. The fourth-order valence-corrected chi connectivity index (χ4v) is 4.86. The van der Waals surface area contributed by atoms with Gasteiger partial charge in [0.1, 0.15) is 5.01 Å². The second-order valence-corrected chi connectivity index (χ2v) is 8.97. The van der Waals surface area contributed by atoms with Gasteiger partial charge in [-0.2, -0.15) is 13.2 Å². The van der Waals surface area contributed by atoms with Gasteiger partial charge < -0.3 is 10.0 Å². The Morgan fingerprint density at radius 2 is 1.93 bits per heavy atom. The molecule has 4 nitrogen and oxygen atoms in total. The molecule has 2 aromatic heterocycles. The lowest BCUT2D eigenvalue weighted by Crippen LogP contribution is -2.47. The van der Waals surface area contributed by atoms with Crippen LogP contribution in [0.2, 0.25) is 4.34 Å². The predicted molar refractivity (Wildman–Crippen MR) is 105 cm³/mol. The highest BCUT2D eigenvalue weighted by Gasteiger charge is 2.58. The van der Waals surface area contributed by atoms with Gasteiger partial charge >= 0.3 is 6.18 Å². The SMILES string of the molecule is CCN(Cc1ccc(Cl)s1)C(=O)CC(O)(c1nc2ccccc2s1)C(F)(F)F. The summed E-state index contributed by atoms with van der Waals surface area (Å²) in [5, 5.41) is 10.0. The number of thiophene rings is 1. The summed E-state index contributed by atoms with van der Waals surface area (Å²) >= 11 is 7.85. The van der Waals surface area contributed by atoms with E-state index in [0.717, 1.165) is 16.2 Å². The molecule has 28 heavy (non-hydrogen) atoms. The van der Waals surface area contributed by atoms with Gasteiger partial charge in [0, 0.05) is 11.4 Å². The molecule has 0 aliphatic carbocycles. The number of fused-ring (bicyclic) bond motifs is 1. The second-order valence-electron chi connectivity index (χ2n) is 6.14. The molecular formula is C18H16ClF3N2O2S2. The van der Waals surface area contributed by atoms with Crippen LogP contribution in [0, 0.1) is 0 Å². The third-order valence-electron chi connectivity index (χ3n) is 4.23. The van der Waals surface area contributed by atoms with Crippen LogP contribution in [0.4, 0.5) is 13.2 Å². The Kier molecular flexibility index (Phi) is 6.00. The van der Waals surface area contributed by atoms with E-state index in [1.165, 1.54) is 16.2 Å². The van der Waals surface area contributed by atoms with E-state index in [-0.39, 0.29) is 13.1 Å². The van der Waals surface area contributed by atoms with Gasteiger partial charge in [0.2, 0.25) is 11.5 Å². The summed E-state index contributed by atoms with van der Waals surface area (Å²) in [6, 6.07) is 9.88. The first kappa shape index (κ1) is 21.0. The van der Waals surface area contributed by atoms with Crippen LogP contribution in [0.25, 0.3) is 10.2 Å². The molecule has 3 rings (SSSR count). The van der Waals surface area contributed by atoms with Crippen LogP contribution in [0.3, 0.4) is 0 Å². The van der Waals surface area contributed by atoms with Gasteiger partial charge in [0.05, 0.1) is 27.5 Å². The van der Waals surface area contributed by atoms with E-state index in [2.05, 4.69) is 4.98 Å². The van der Waals surface area contributed by atoms with Crippen LogP contribution in [-0.2, 0) is 16.9 Å². The molecule has 1 atom stereocenters. The maximum absolute atomic E-state index is 13.8. The number of halogens is 4. The van der Waals surface area contributed by atoms with Gasteiger partial charge in [-0.3, -0.25) is 4.79 Å². The second kappa shape index (κ2) is 7.98. The lowest BCUT2D eigenvalue weighted by atomic mass is 9.98. The number of carbonyl (C=O) groups is 1. The Labute approximate surface area is 172 Å². The summed E-state index contributed by atoms with van der Waals surface area (Å²) in [4.78, 5) is 18.6. The summed E-state index contributed by atoms with van der Waals surface area (Å²) in [6.45, 7) is 1.99. The standard InChI is InChI=1S/C18H16ClF3N2O2S2/c1-2-24(10-11-7-8-14(19)27-11)15(25)9-17(26,18(20,21)22)16-23-12-5-3-4-6-13(12)28-16/h3-8,26H,2,9-10H2,1H3. The quantitative estimate of drug-likeness (QED) is 0.564. The van der Waals surface area contributed by atoms with E-state index in [4.69, 9.17) is 11.6 Å². The third kappa shape index (κ3) is 4.17. The lowest BCUT2D eigenvalue weighted by Gasteiger charge is -2.30. The van der Waals surface area contributed by atoms with Crippen LogP contribution in [0.5, 0.6) is 0 Å². The normalized spacial score (nSPS) is 14.2. The lowest BCUT2D eigenvalue weighted by molar-refractivity contribution is -0.268. The molecule has 2 heterocycles. The number of hydrogen-bond donors (Lipinski definition) is 1. The van der Waals surface area contributed by atoms with Crippen molar-refractivity contribution < 1.29 is 23.1 Å². The number of aliphatic hydroxyl groups is 1. The zero-order valence-electron chi connectivity index (χ0n) is 14.7. The molecule has 0 aliphatic heterocycles. The predicted octanol–water partition coefficient (Wildman–Crippen LogP) is 5.20. The first-order valence-corrected chi connectivity index (χ1v) is 10.3. The molecular weight excluding hydrogens is 433 g/mol. The van der Waals surface area contributed by atoms with Crippen molar-refractivity contribution in [2.45, 2.75) is 31.7 Å². The fourth-order valence-electron chi connectivity index (χ4n) is 2.68. The summed E-state index contributed by atoms with van der Waals surface area (Å²) in [5.41, 5.74) is -3.01. The van der Waals surface area contributed by atoms with E-state index in [1.54, 1.807) is 43.3 Å². The molecule has 150 valence electrons. The van der Waals surface area contributed by atoms with Gasteiger partial charge in [0.15, 0.2) is 0 Å². The highest BCUT2D eigenvalue weighted by Crippen LogP contribution is 2.44. The largest absolute Gasteiger partial charge is 0.424 e. The number of para-hydroxylation sites is 1. The minimum atomic E-state index is -5.05. The van der Waals surface area contributed by atoms with E-state index >= 15 is 0 Å². The summed E-state index contributed by atoms with van der Waals surface area (Å²) in [6.07, 6.45) is -6.19. The van der Waals surface area contributed by atoms with Crippen molar-refractivity contribution in [3.63, 3.8) is 0 Å². The van der Waals surface area contributed by atoms with Crippen molar-refractivity contribution in [2.75, 3.05) is 6.54 Å². The molecule has 0 spiro atoms. The van der Waals surface area contributed by atoms with Crippen molar-refractivity contribution in [3.8, 4) is 0 Å². The van der Waals surface area contributed by atoms with Crippen LogP contribution in [0.1, 0.15) is 23.2 Å². The average molecular weight is 449 g/mol. The van der Waals surface area contributed by atoms with Gasteiger partial charge in [-0.25, -0.2) is 4.98 Å². The van der Waals surface area contributed by atoms with Crippen molar-refractivity contribution in [1.29, 1.82) is 0 Å². The van der Waals surface area contributed by atoms with Gasteiger partial charge in [-0.1, -0.05) is 23.7 Å². The molecule has 1 aromatic carbocycles.